The Kier molecular flexibility index (Phi) is 3.48. The van der Waals surface area contributed by atoms with E-state index < -0.39 is 11.6 Å². The number of pyridine rings is 1. The topological polar surface area (TPSA) is 38.9 Å². The number of anilines is 1. The molecule has 1 aromatic rings. The minimum Gasteiger partial charge on any atom is -0.381 e. The van der Waals surface area contributed by atoms with Gasteiger partial charge >= 0.3 is 0 Å². The number of hydrogen-bond donors (Lipinski definition) is 1. The van der Waals surface area contributed by atoms with Gasteiger partial charge in [-0.15, -0.1) is 11.8 Å². The van der Waals surface area contributed by atoms with Gasteiger partial charge in [0, 0.05) is 6.07 Å². The first-order valence-electron chi connectivity index (χ1n) is 3.89. The van der Waals surface area contributed by atoms with Crippen molar-refractivity contribution < 1.29 is 8.78 Å². The van der Waals surface area contributed by atoms with Crippen molar-refractivity contribution in [2.75, 3.05) is 11.5 Å². The minimum absolute atomic E-state index is 0.167. The lowest BCUT2D eigenvalue weighted by atomic mass is 10.4. The highest BCUT2D eigenvalue weighted by Gasteiger charge is 2.09. The van der Waals surface area contributed by atoms with Gasteiger partial charge < -0.3 is 5.73 Å². The van der Waals surface area contributed by atoms with E-state index in [1.807, 2.05) is 6.92 Å². The first-order valence-corrected chi connectivity index (χ1v) is 4.88. The van der Waals surface area contributed by atoms with Crippen LogP contribution in [0.1, 0.15) is 13.3 Å². The van der Waals surface area contributed by atoms with Gasteiger partial charge in [0.1, 0.15) is 5.03 Å². The van der Waals surface area contributed by atoms with Crippen LogP contribution >= 0.6 is 11.8 Å². The van der Waals surface area contributed by atoms with E-state index in [4.69, 9.17) is 5.73 Å². The predicted molar refractivity (Wildman–Crippen MR) is 49.6 cm³/mol. The van der Waals surface area contributed by atoms with E-state index in [1.54, 1.807) is 0 Å². The molecule has 2 N–H and O–H groups in total. The maximum atomic E-state index is 13.0. The molecule has 0 aliphatic heterocycles. The van der Waals surface area contributed by atoms with E-state index in [9.17, 15) is 8.78 Å². The second-order valence-corrected chi connectivity index (χ2v) is 3.57. The van der Waals surface area contributed by atoms with Crippen LogP contribution in [0.5, 0.6) is 0 Å². The summed E-state index contributed by atoms with van der Waals surface area (Å²) in [7, 11) is 0. The number of thioether (sulfide) groups is 1. The molecule has 0 aliphatic rings. The summed E-state index contributed by atoms with van der Waals surface area (Å²) in [6.45, 7) is 1.97. The van der Waals surface area contributed by atoms with Crippen molar-refractivity contribution in [2.24, 2.45) is 0 Å². The summed E-state index contributed by atoms with van der Waals surface area (Å²) in [5.74, 6) is -0.960. The van der Waals surface area contributed by atoms with Gasteiger partial charge in [-0.2, -0.15) is 0 Å². The van der Waals surface area contributed by atoms with Gasteiger partial charge in [-0.05, 0) is 12.2 Å². The number of nitrogens with two attached hydrogens (primary N) is 1. The van der Waals surface area contributed by atoms with E-state index in [-0.39, 0.29) is 10.8 Å². The Morgan fingerprint density at radius 2 is 2.15 bits per heavy atom. The van der Waals surface area contributed by atoms with Crippen molar-refractivity contribution in [1.82, 2.24) is 4.98 Å². The van der Waals surface area contributed by atoms with Crippen LogP contribution in [0.2, 0.25) is 0 Å². The first kappa shape index (κ1) is 10.2. The van der Waals surface area contributed by atoms with E-state index in [2.05, 4.69) is 4.98 Å². The van der Waals surface area contributed by atoms with Crippen molar-refractivity contribution in [2.45, 2.75) is 18.4 Å². The Labute approximate surface area is 79.5 Å². The molecule has 2 nitrogen and oxygen atoms in total. The molecule has 0 aromatic carbocycles. The molecule has 0 bridgehead atoms. The zero-order valence-electron chi connectivity index (χ0n) is 7.18. The lowest BCUT2D eigenvalue weighted by Gasteiger charge is -2.02. The fraction of sp³-hybridized carbons (Fsp3) is 0.375. The van der Waals surface area contributed by atoms with Crippen LogP contribution in [0.3, 0.4) is 0 Å². The van der Waals surface area contributed by atoms with Crippen molar-refractivity contribution in [1.29, 1.82) is 0 Å². The third-order valence-corrected chi connectivity index (χ3v) is 2.54. The average molecular weight is 204 g/mol. The van der Waals surface area contributed by atoms with Crippen molar-refractivity contribution >= 4 is 17.6 Å². The van der Waals surface area contributed by atoms with E-state index >= 15 is 0 Å². The normalized spacial score (nSPS) is 10.4. The largest absolute Gasteiger partial charge is 0.381 e. The second-order valence-electron chi connectivity index (χ2n) is 2.49. The summed E-state index contributed by atoms with van der Waals surface area (Å²) in [4.78, 5) is 3.60. The molecule has 1 rings (SSSR count). The van der Waals surface area contributed by atoms with Gasteiger partial charge in [-0.25, -0.2) is 13.8 Å². The summed E-state index contributed by atoms with van der Waals surface area (Å²) >= 11 is 1.24. The Morgan fingerprint density at radius 1 is 1.46 bits per heavy atom. The monoisotopic (exact) mass is 204 g/mol. The molecule has 0 saturated heterocycles. The molecular formula is C8H10F2N2S. The number of hydrogen-bond acceptors (Lipinski definition) is 3. The van der Waals surface area contributed by atoms with Gasteiger partial charge in [-0.3, -0.25) is 0 Å². The van der Waals surface area contributed by atoms with Gasteiger partial charge in [0.15, 0.2) is 17.5 Å². The fourth-order valence-electron chi connectivity index (χ4n) is 0.763. The van der Waals surface area contributed by atoms with Crippen LogP contribution in [0, 0.1) is 11.6 Å². The molecule has 0 spiro atoms. The molecule has 0 radical (unpaired) electrons. The maximum Gasteiger partial charge on any atom is 0.168 e. The van der Waals surface area contributed by atoms with Crippen molar-refractivity contribution in [3.8, 4) is 0 Å². The molecule has 0 atom stereocenters. The molecule has 0 fully saturated rings. The Balaban J connectivity index is 2.88. The van der Waals surface area contributed by atoms with E-state index in [0.717, 1.165) is 18.2 Å². The zero-order chi connectivity index (χ0) is 9.84. The van der Waals surface area contributed by atoms with Crippen LogP contribution in [-0.4, -0.2) is 10.7 Å². The highest BCUT2D eigenvalue weighted by molar-refractivity contribution is 7.99. The van der Waals surface area contributed by atoms with Crippen molar-refractivity contribution in [3.05, 3.63) is 17.7 Å². The molecule has 0 unspecified atom stereocenters. The molecule has 0 aliphatic carbocycles. The summed E-state index contributed by atoms with van der Waals surface area (Å²) in [5.41, 5.74) is 5.20. The number of nitrogens with zero attached hydrogens (tertiary/aromatic N) is 1. The number of nitrogen functional groups attached to an aromatic ring is 1. The number of rotatable bonds is 3. The predicted octanol–water partition coefficient (Wildman–Crippen LogP) is 2.44. The lowest BCUT2D eigenvalue weighted by molar-refractivity contribution is 0.552. The van der Waals surface area contributed by atoms with Crippen LogP contribution in [0.15, 0.2) is 11.1 Å². The highest BCUT2D eigenvalue weighted by atomic mass is 32.2. The Morgan fingerprint density at radius 3 is 2.77 bits per heavy atom. The number of halogens is 2. The maximum absolute atomic E-state index is 13.0. The third-order valence-electron chi connectivity index (χ3n) is 1.37. The molecule has 1 aromatic heterocycles. The van der Waals surface area contributed by atoms with Gasteiger partial charge in [-0.1, -0.05) is 6.92 Å². The zero-order valence-corrected chi connectivity index (χ0v) is 8.00. The van der Waals surface area contributed by atoms with Gasteiger partial charge in [0.2, 0.25) is 0 Å². The minimum atomic E-state index is -0.807. The Hall–Kier alpha value is -0.840. The quantitative estimate of drug-likeness (QED) is 0.768. The first-order chi connectivity index (χ1) is 6.15. The third kappa shape index (κ3) is 2.55. The van der Waals surface area contributed by atoms with E-state index in [1.165, 1.54) is 11.8 Å². The van der Waals surface area contributed by atoms with Crippen LogP contribution in [0.4, 0.5) is 14.6 Å². The summed E-state index contributed by atoms with van der Waals surface area (Å²) in [5, 5.41) is 0.167. The molecule has 72 valence electrons. The SMILES string of the molecule is CCCSc1nc(N)c(F)cc1F. The molecule has 5 heteroatoms. The summed E-state index contributed by atoms with van der Waals surface area (Å²) in [6, 6.07) is 0.764. The summed E-state index contributed by atoms with van der Waals surface area (Å²) < 4.78 is 25.6. The van der Waals surface area contributed by atoms with Gasteiger partial charge in [0.25, 0.3) is 0 Å². The average Bonchev–Trinajstić information content (AvgIpc) is 2.09. The van der Waals surface area contributed by atoms with Gasteiger partial charge in [0.05, 0.1) is 0 Å². The van der Waals surface area contributed by atoms with Crippen molar-refractivity contribution in [3.63, 3.8) is 0 Å². The standard InChI is InChI=1S/C8H10F2N2S/c1-2-3-13-8-6(10)4-5(9)7(11)12-8/h4H,2-3H2,1H3,(H2,11,12). The fourth-order valence-corrected chi connectivity index (χ4v) is 1.52. The van der Waals surface area contributed by atoms with E-state index in [0.29, 0.717) is 0 Å². The Bertz CT molecular complexity index is 304. The molecular weight excluding hydrogens is 194 g/mol. The molecule has 0 saturated carbocycles. The van der Waals surface area contributed by atoms with Crippen LogP contribution in [0.25, 0.3) is 0 Å². The van der Waals surface area contributed by atoms with Crippen LogP contribution < -0.4 is 5.73 Å². The number of aromatic nitrogens is 1. The molecule has 13 heavy (non-hydrogen) atoms. The molecule has 1 heterocycles. The molecule has 0 amide bonds. The summed E-state index contributed by atoms with van der Waals surface area (Å²) in [6.07, 6.45) is 0.906. The second kappa shape index (κ2) is 4.41. The lowest BCUT2D eigenvalue weighted by Crippen LogP contribution is -1.99. The van der Waals surface area contributed by atoms with Crippen LogP contribution in [-0.2, 0) is 0 Å². The highest BCUT2D eigenvalue weighted by Crippen LogP contribution is 2.22. The smallest absolute Gasteiger partial charge is 0.168 e.